The van der Waals surface area contributed by atoms with Gasteiger partial charge in [0.1, 0.15) is 0 Å². The smallest absolute Gasteiger partial charge is 0.255 e. The molecule has 3 aromatic rings. The summed E-state index contributed by atoms with van der Waals surface area (Å²) in [4.78, 5) is 38.7. The highest BCUT2D eigenvalue weighted by molar-refractivity contribution is 7.89. The average molecular weight is 434 g/mol. The van der Waals surface area contributed by atoms with E-state index in [4.69, 9.17) is 0 Å². The summed E-state index contributed by atoms with van der Waals surface area (Å²) in [6.07, 6.45) is 0. The topological polar surface area (TPSA) is 101 Å². The van der Waals surface area contributed by atoms with E-state index >= 15 is 0 Å². The summed E-state index contributed by atoms with van der Waals surface area (Å²) < 4.78 is 25.5. The van der Waals surface area contributed by atoms with Gasteiger partial charge in [-0.15, -0.1) is 0 Å². The number of amides is 1. The Bertz CT molecular complexity index is 1340. The Morgan fingerprint density at radius 3 is 1.97 bits per heavy atom. The third-order valence-corrected chi connectivity index (χ3v) is 6.93. The van der Waals surface area contributed by atoms with E-state index in [2.05, 4.69) is 5.32 Å². The summed E-state index contributed by atoms with van der Waals surface area (Å²) >= 11 is 0. The van der Waals surface area contributed by atoms with Crippen molar-refractivity contribution in [2.24, 2.45) is 0 Å². The van der Waals surface area contributed by atoms with Crippen molar-refractivity contribution in [2.75, 3.05) is 19.4 Å². The summed E-state index contributed by atoms with van der Waals surface area (Å²) in [7, 11) is -0.770. The molecule has 8 heteroatoms. The first-order valence-electron chi connectivity index (χ1n) is 9.37. The van der Waals surface area contributed by atoms with Crippen molar-refractivity contribution in [1.82, 2.24) is 4.31 Å². The van der Waals surface area contributed by atoms with Crippen molar-refractivity contribution < 1.29 is 22.8 Å². The lowest BCUT2D eigenvalue weighted by Crippen LogP contribution is -2.24. The number of ketones is 2. The molecule has 4 rings (SSSR count). The predicted octanol–water partition coefficient (Wildman–Crippen LogP) is 2.96. The van der Waals surface area contributed by atoms with Gasteiger partial charge < -0.3 is 5.32 Å². The maximum absolute atomic E-state index is 13.0. The first-order chi connectivity index (χ1) is 14.7. The van der Waals surface area contributed by atoms with Gasteiger partial charge in [0.2, 0.25) is 10.0 Å². The van der Waals surface area contributed by atoms with Crippen molar-refractivity contribution in [3.63, 3.8) is 0 Å². The van der Waals surface area contributed by atoms with Crippen LogP contribution in [0.15, 0.2) is 71.6 Å². The molecule has 1 aliphatic carbocycles. The minimum atomic E-state index is -3.61. The standard InChI is InChI=1S/C23H18N2O5S/c1-25(2)31(29,30)15-12-10-14(11-13-15)23(28)24-19-9-5-8-18-20(19)22(27)17-7-4-3-6-16(17)21(18)26/h3-13H,1-2H3,(H,24,28). The van der Waals surface area contributed by atoms with Crippen molar-refractivity contribution in [2.45, 2.75) is 4.90 Å². The molecule has 1 aliphatic rings. The predicted molar refractivity (Wildman–Crippen MR) is 115 cm³/mol. The summed E-state index contributed by atoms with van der Waals surface area (Å²) in [6.45, 7) is 0. The van der Waals surface area contributed by atoms with Gasteiger partial charge in [0.25, 0.3) is 5.91 Å². The molecule has 1 amide bonds. The van der Waals surface area contributed by atoms with E-state index in [1.165, 1.54) is 38.4 Å². The van der Waals surface area contributed by atoms with Gasteiger partial charge in [0, 0.05) is 36.3 Å². The zero-order valence-corrected chi connectivity index (χ0v) is 17.6. The van der Waals surface area contributed by atoms with Crippen LogP contribution in [0, 0.1) is 0 Å². The van der Waals surface area contributed by atoms with Gasteiger partial charge in [-0.25, -0.2) is 12.7 Å². The number of fused-ring (bicyclic) bond motifs is 2. The molecule has 0 unspecified atom stereocenters. The molecule has 0 atom stereocenters. The van der Waals surface area contributed by atoms with Gasteiger partial charge in [-0.1, -0.05) is 36.4 Å². The molecule has 31 heavy (non-hydrogen) atoms. The molecule has 0 bridgehead atoms. The molecule has 0 heterocycles. The van der Waals surface area contributed by atoms with Crippen LogP contribution in [0.25, 0.3) is 0 Å². The Kier molecular flexibility index (Phi) is 5.04. The summed E-state index contributed by atoms with van der Waals surface area (Å²) in [6, 6.07) is 16.7. The number of nitrogens with zero attached hydrogens (tertiary/aromatic N) is 1. The van der Waals surface area contributed by atoms with Gasteiger partial charge >= 0.3 is 0 Å². The van der Waals surface area contributed by atoms with E-state index in [0.29, 0.717) is 11.1 Å². The maximum Gasteiger partial charge on any atom is 0.255 e. The number of hydrogen-bond acceptors (Lipinski definition) is 5. The molecule has 0 aromatic heterocycles. The van der Waals surface area contributed by atoms with Gasteiger partial charge in [-0.05, 0) is 30.3 Å². The van der Waals surface area contributed by atoms with Crippen LogP contribution in [0.1, 0.15) is 42.2 Å². The molecule has 1 N–H and O–H groups in total. The van der Waals surface area contributed by atoms with Crippen molar-refractivity contribution in [3.8, 4) is 0 Å². The van der Waals surface area contributed by atoms with Crippen LogP contribution in [0.5, 0.6) is 0 Å². The Labute approximate surface area is 179 Å². The van der Waals surface area contributed by atoms with Crippen LogP contribution in [0.3, 0.4) is 0 Å². The summed E-state index contributed by atoms with van der Waals surface area (Å²) in [5, 5.41) is 2.68. The van der Waals surface area contributed by atoms with Crippen LogP contribution in [0.4, 0.5) is 5.69 Å². The second kappa shape index (κ2) is 7.57. The fourth-order valence-corrected chi connectivity index (χ4v) is 4.33. The molecule has 0 fully saturated rings. The molecule has 7 nitrogen and oxygen atoms in total. The number of carbonyl (C=O) groups excluding carboxylic acids is 3. The maximum atomic E-state index is 13.0. The molecule has 0 saturated carbocycles. The van der Waals surface area contributed by atoms with E-state index in [9.17, 15) is 22.8 Å². The molecular formula is C23H18N2O5S. The molecule has 156 valence electrons. The highest BCUT2D eigenvalue weighted by atomic mass is 32.2. The zero-order valence-electron chi connectivity index (χ0n) is 16.7. The summed E-state index contributed by atoms with van der Waals surface area (Å²) in [5.74, 6) is -1.14. The van der Waals surface area contributed by atoms with E-state index in [1.807, 2.05) is 0 Å². The fourth-order valence-electron chi connectivity index (χ4n) is 3.43. The minimum Gasteiger partial charge on any atom is -0.321 e. The number of sulfonamides is 1. The first-order valence-corrected chi connectivity index (χ1v) is 10.8. The van der Waals surface area contributed by atoms with Crippen LogP contribution in [0.2, 0.25) is 0 Å². The van der Waals surface area contributed by atoms with Crippen molar-refractivity contribution in [3.05, 3.63) is 94.5 Å². The average Bonchev–Trinajstić information content (AvgIpc) is 2.77. The normalized spacial score (nSPS) is 13.0. The Morgan fingerprint density at radius 1 is 0.774 bits per heavy atom. The van der Waals surface area contributed by atoms with Crippen molar-refractivity contribution >= 4 is 33.2 Å². The van der Waals surface area contributed by atoms with E-state index in [-0.39, 0.29) is 38.8 Å². The lowest BCUT2D eigenvalue weighted by Gasteiger charge is -2.20. The summed E-state index contributed by atoms with van der Waals surface area (Å²) in [5.41, 5.74) is 1.44. The number of nitrogens with one attached hydrogen (secondary N) is 1. The van der Waals surface area contributed by atoms with E-state index in [0.717, 1.165) is 4.31 Å². The minimum absolute atomic E-state index is 0.0588. The molecule has 0 aliphatic heterocycles. The van der Waals surface area contributed by atoms with Crippen molar-refractivity contribution in [1.29, 1.82) is 0 Å². The molecule has 0 saturated heterocycles. The van der Waals surface area contributed by atoms with Crippen LogP contribution < -0.4 is 5.32 Å². The highest BCUT2D eigenvalue weighted by Crippen LogP contribution is 2.32. The lowest BCUT2D eigenvalue weighted by molar-refractivity contribution is 0.0978. The lowest BCUT2D eigenvalue weighted by atomic mass is 9.83. The number of rotatable bonds is 4. The van der Waals surface area contributed by atoms with Crippen LogP contribution in [-0.2, 0) is 10.0 Å². The first kappa shape index (κ1) is 20.6. The Hall–Kier alpha value is -3.62. The van der Waals surface area contributed by atoms with Gasteiger partial charge in [-0.2, -0.15) is 0 Å². The monoisotopic (exact) mass is 434 g/mol. The third kappa shape index (κ3) is 3.45. The second-order valence-electron chi connectivity index (χ2n) is 7.20. The largest absolute Gasteiger partial charge is 0.321 e. The highest BCUT2D eigenvalue weighted by Gasteiger charge is 2.31. The Morgan fingerprint density at radius 2 is 1.35 bits per heavy atom. The van der Waals surface area contributed by atoms with E-state index < -0.39 is 15.9 Å². The quantitative estimate of drug-likeness (QED) is 0.532. The molecule has 0 spiro atoms. The second-order valence-corrected chi connectivity index (χ2v) is 9.35. The molecule has 3 aromatic carbocycles. The van der Waals surface area contributed by atoms with Gasteiger partial charge in [0.15, 0.2) is 11.6 Å². The SMILES string of the molecule is CN(C)S(=O)(=O)c1ccc(C(=O)Nc2cccc3c2C(=O)c2ccccc2C3=O)cc1. The fraction of sp³-hybridized carbons (Fsp3) is 0.0870. The van der Waals surface area contributed by atoms with Gasteiger partial charge in [-0.3, -0.25) is 14.4 Å². The molecule has 0 radical (unpaired) electrons. The van der Waals surface area contributed by atoms with E-state index in [1.54, 1.807) is 42.5 Å². The van der Waals surface area contributed by atoms with Crippen LogP contribution in [-0.4, -0.2) is 44.3 Å². The molecular weight excluding hydrogens is 416 g/mol. The van der Waals surface area contributed by atoms with Gasteiger partial charge in [0.05, 0.1) is 16.1 Å². The number of benzene rings is 3. The zero-order chi connectivity index (χ0) is 22.3. The number of hydrogen-bond donors (Lipinski definition) is 1. The Balaban J connectivity index is 1.67. The third-order valence-electron chi connectivity index (χ3n) is 5.10. The number of anilines is 1. The van der Waals surface area contributed by atoms with Crippen LogP contribution >= 0.6 is 0 Å². The number of carbonyl (C=O) groups is 3.